The van der Waals surface area contributed by atoms with Crippen LogP contribution >= 0.6 is 0 Å². The Bertz CT molecular complexity index is 1540. The number of esters is 2. The summed E-state index contributed by atoms with van der Waals surface area (Å²) in [7, 11) is 0. The molecule has 2 N–H and O–H groups in total. The van der Waals surface area contributed by atoms with Crippen molar-refractivity contribution in [1.29, 1.82) is 0 Å². The lowest BCUT2D eigenvalue weighted by atomic mass is 10.0. The fourth-order valence-electron chi connectivity index (χ4n) is 5.48. The van der Waals surface area contributed by atoms with E-state index in [2.05, 4.69) is 73.0 Å². The minimum atomic E-state index is -1.47. The van der Waals surface area contributed by atoms with Crippen LogP contribution in [0.3, 0.4) is 0 Å². The van der Waals surface area contributed by atoms with Crippen molar-refractivity contribution >= 4 is 34.3 Å². The quantitative estimate of drug-likeness (QED) is 0.0976. The maximum Gasteiger partial charge on any atom is 0.339 e. The number of nitrogens with one attached hydrogen (secondary N) is 2. The number of anilines is 1. The first-order chi connectivity index (χ1) is 23.6. The number of fused-ring (bicyclic) bond motifs is 1. The van der Waals surface area contributed by atoms with Crippen molar-refractivity contribution < 1.29 is 33.3 Å². The third kappa shape index (κ3) is 14.9. The topological polar surface area (TPSA) is 112 Å². The van der Waals surface area contributed by atoms with Crippen LogP contribution < -0.4 is 10.6 Å². The Morgan fingerprint density at radius 3 is 2.10 bits per heavy atom. The highest BCUT2D eigenvalue weighted by molar-refractivity contribution is 5.89. The first kappa shape index (κ1) is 40.5. The van der Waals surface area contributed by atoms with Gasteiger partial charge in [-0.15, -0.1) is 0 Å². The molecule has 3 rings (SSSR count). The predicted octanol–water partition coefficient (Wildman–Crippen LogP) is 7.63. The number of hydrogen-bond donors (Lipinski definition) is 2. The van der Waals surface area contributed by atoms with Gasteiger partial charge in [0.2, 0.25) is 0 Å². The van der Waals surface area contributed by atoms with Gasteiger partial charge in [-0.05, 0) is 115 Å². The molecule has 0 aromatic heterocycles. The van der Waals surface area contributed by atoms with Gasteiger partial charge in [0.1, 0.15) is 17.8 Å². The van der Waals surface area contributed by atoms with Gasteiger partial charge in [0, 0.05) is 25.4 Å². The van der Waals surface area contributed by atoms with E-state index in [9.17, 15) is 14.4 Å². The fraction of sp³-hybridized carbons (Fsp3) is 0.537. The lowest BCUT2D eigenvalue weighted by Gasteiger charge is -2.29. The maximum atomic E-state index is 13.6. The molecule has 3 aromatic rings. The molecule has 0 saturated carbocycles. The molecule has 0 spiro atoms. The molecule has 0 saturated heterocycles. The van der Waals surface area contributed by atoms with Crippen molar-refractivity contribution in [3.63, 3.8) is 0 Å². The second kappa shape index (κ2) is 19.4. The van der Waals surface area contributed by atoms with E-state index in [1.807, 2.05) is 12.1 Å². The largest absolute Gasteiger partial charge is 0.458 e. The predicted molar refractivity (Wildman–Crippen MR) is 199 cm³/mol. The van der Waals surface area contributed by atoms with E-state index in [0.29, 0.717) is 19.5 Å². The molecule has 274 valence electrons. The van der Waals surface area contributed by atoms with Crippen LogP contribution in [0, 0.1) is 13.8 Å². The lowest BCUT2D eigenvalue weighted by molar-refractivity contribution is -0.187. The van der Waals surface area contributed by atoms with Gasteiger partial charge in [-0.3, -0.25) is 4.79 Å². The summed E-state index contributed by atoms with van der Waals surface area (Å²) in [6, 6.07) is 21.1. The SMILES string of the molecule is Cc1ccc(NCCCCOC(C(=O)NCCCCCc2ccc3ccccc3c2)C(OCC(=O)OC(C)(C)C)C(=O)OC(C)(C)C)c(C)c1. The number of aryl methyl sites for hydroxylation is 3. The van der Waals surface area contributed by atoms with Gasteiger partial charge in [-0.2, -0.15) is 0 Å². The third-order valence-corrected chi connectivity index (χ3v) is 7.79. The normalized spacial score (nSPS) is 13.0. The van der Waals surface area contributed by atoms with Crippen molar-refractivity contribution in [3.05, 3.63) is 77.4 Å². The molecule has 0 aliphatic heterocycles. The highest BCUT2D eigenvalue weighted by Gasteiger charge is 2.39. The van der Waals surface area contributed by atoms with Crippen molar-refractivity contribution in [2.24, 2.45) is 0 Å². The van der Waals surface area contributed by atoms with Crippen molar-refractivity contribution in [2.75, 3.05) is 31.6 Å². The highest BCUT2D eigenvalue weighted by Crippen LogP contribution is 2.19. The van der Waals surface area contributed by atoms with Crippen LogP contribution in [0.2, 0.25) is 0 Å². The summed E-state index contributed by atoms with van der Waals surface area (Å²) in [4.78, 5) is 39.6. The number of carbonyl (C=O) groups excluding carboxylic acids is 3. The van der Waals surface area contributed by atoms with Gasteiger partial charge in [-0.25, -0.2) is 9.59 Å². The van der Waals surface area contributed by atoms with Crippen LogP contribution in [-0.2, 0) is 39.8 Å². The second-order valence-corrected chi connectivity index (χ2v) is 14.9. The molecule has 0 aliphatic carbocycles. The van der Waals surface area contributed by atoms with E-state index in [4.69, 9.17) is 18.9 Å². The molecule has 1 amide bonds. The van der Waals surface area contributed by atoms with E-state index in [1.54, 1.807) is 41.5 Å². The second-order valence-electron chi connectivity index (χ2n) is 14.9. The number of benzene rings is 3. The van der Waals surface area contributed by atoms with E-state index >= 15 is 0 Å². The van der Waals surface area contributed by atoms with Crippen LogP contribution in [0.25, 0.3) is 10.8 Å². The molecule has 2 unspecified atom stereocenters. The van der Waals surface area contributed by atoms with Crippen LogP contribution in [0.1, 0.15) is 90.3 Å². The molecule has 0 aliphatic rings. The number of rotatable bonds is 19. The van der Waals surface area contributed by atoms with Gasteiger partial charge in [0.25, 0.3) is 5.91 Å². The monoisotopic (exact) mass is 690 g/mol. The summed E-state index contributed by atoms with van der Waals surface area (Å²) in [6.45, 7) is 15.3. The van der Waals surface area contributed by atoms with Crippen LogP contribution in [0.4, 0.5) is 5.69 Å². The van der Waals surface area contributed by atoms with Crippen LogP contribution in [0.15, 0.2) is 60.7 Å². The lowest BCUT2D eigenvalue weighted by Crippen LogP contribution is -2.51. The molecule has 0 fully saturated rings. The zero-order valence-corrected chi connectivity index (χ0v) is 31.4. The summed E-state index contributed by atoms with van der Waals surface area (Å²) >= 11 is 0. The van der Waals surface area contributed by atoms with Gasteiger partial charge in [0.05, 0.1) is 0 Å². The average Bonchev–Trinajstić information content (AvgIpc) is 3.02. The fourth-order valence-corrected chi connectivity index (χ4v) is 5.48. The number of unbranched alkanes of at least 4 members (excludes halogenated alkanes) is 3. The molecular weight excluding hydrogens is 632 g/mol. The van der Waals surface area contributed by atoms with Gasteiger partial charge in [0.15, 0.2) is 12.2 Å². The maximum absolute atomic E-state index is 13.6. The van der Waals surface area contributed by atoms with E-state index in [0.717, 1.165) is 37.8 Å². The van der Waals surface area contributed by atoms with Crippen LogP contribution in [-0.4, -0.2) is 67.6 Å². The van der Waals surface area contributed by atoms with Crippen LogP contribution in [0.5, 0.6) is 0 Å². The Balaban J connectivity index is 1.60. The van der Waals surface area contributed by atoms with E-state index in [-0.39, 0.29) is 6.61 Å². The first-order valence-electron chi connectivity index (χ1n) is 17.9. The minimum absolute atomic E-state index is 0.202. The molecule has 50 heavy (non-hydrogen) atoms. The summed E-state index contributed by atoms with van der Waals surface area (Å²) < 4.78 is 22.9. The molecule has 9 nitrogen and oxygen atoms in total. The summed E-state index contributed by atoms with van der Waals surface area (Å²) in [5.74, 6) is -1.94. The standard InChI is InChI=1S/C41H58N2O7/c1-29-19-22-34(30(2)26-29)42-23-14-15-25-47-36(37(39(46)50-41(6,7)8)48-28-35(44)49-40(3,4)5)38(45)43-24-13-9-10-16-31-20-21-32-17-11-12-18-33(32)27-31/h11-12,17-22,26-27,36-37,42H,9-10,13-16,23-25,28H2,1-8H3,(H,43,45). The van der Waals surface area contributed by atoms with Crippen molar-refractivity contribution in [3.8, 4) is 0 Å². The molecule has 0 radical (unpaired) electrons. The zero-order chi connectivity index (χ0) is 36.7. The smallest absolute Gasteiger partial charge is 0.339 e. The molecule has 0 heterocycles. The Morgan fingerprint density at radius 1 is 0.700 bits per heavy atom. The summed E-state index contributed by atoms with van der Waals surface area (Å²) in [5.41, 5.74) is 3.15. The third-order valence-electron chi connectivity index (χ3n) is 7.79. The molecule has 2 atom stereocenters. The number of amides is 1. The number of hydrogen-bond acceptors (Lipinski definition) is 8. The van der Waals surface area contributed by atoms with Gasteiger partial charge in [-0.1, -0.05) is 66.6 Å². The number of carbonyl (C=O) groups is 3. The highest BCUT2D eigenvalue weighted by atomic mass is 16.6. The minimum Gasteiger partial charge on any atom is -0.458 e. The average molecular weight is 691 g/mol. The molecular formula is C41H58N2O7. The Labute approximate surface area is 298 Å². The Hall–Kier alpha value is -3.95. The molecule has 9 heteroatoms. The molecule has 3 aromatic carbocycles. The van der Waals surface area contributed by atoms with Gasteiger partial charge >= 0.3 is 11.9 Å². The Morgan fingerprint density at radius 2 is 1.40 bits per heavy atom. The molecule has 0 bridgehead atoms. The first-order valence-corrected chi connectivity index (χ1v) is 17.9. The number of ether oxygens (including phenoxy) is 4. The Kier molecular flexibility index (Phi) is 15.7. The zero-order valence-electron chi connectivity index (χ0n) is 31.4. The van der Waals surface area contributed by atoms with Crippen molar-refractivity contribution in [1.82, 2.24) is 5.32 Å². The van der Waals surface area contributed by atoms with E-state index < -0.39 is 47.9 Å². The van der Waals surface area contributed by atoms with Gasteiger partial charge < -0.3 is 29.6 Å². The van der Waals surface area contributed by atoms with E-state index in [1.165, 1.54) is 27.5 Å². The van der Waals surface area contributed by atoms with Crippen molar-refractivity contribution in [2.45, 2.75) is 117 Å². The summed E-state index contributed by atoms with van der Waals surface area (Å²) in [5, 5.41) is 8.84. The summed E-state index contributed by atoms with van der Waals surface area (Å²) in [6.07, 6.45) is 2.20.